The predicted molar refractivity (Wildman–Crippen MR) is 169 cm³/mol. The number of halogens is 2. The summed E-state index contributed by atoms with van der Waals surface area (Å²) in [6, 6.07) is 6.22. The van der Waals surface area contributed by atoms with Gasteiger partial charge in [0, 0.05) is 37.6 Å². The number of nitrogens with zero attached hydrogens (tertiary/aromatic N) is 1. The Morgan fingerprint density at radius 2 is 1.68 bits per heavy atom. The average molecular weight is 663 g/mol. The summed E-state index contributed by atoms with van der Waals surface area (Å²) in [6.07, 6.45) is -2.19. The van der Waals surface area contributed by atoms with Gasteiger partial charge in [-0.05, 0) is 50.0 Å². The third-order valence-electron chi connectivity index (χ3n) is 9.17. The zero-order valence-corrected chi connectivity index (χ0v) is 28.1. The first-order valence-corrected chi connectivity index (χ1v) is 16.4. The second-order valence-corrected chi connectivity index (χ2v) is 14.3. The molecule has 1 aromatic carbocycles. The summed E-state index contributed by atoms with van der Waals surface area (Å²) in [6.45, 7) is 9.71. The van der Waals surface area contributed by atoms with Crippen molar-refractivity contribution in [1.29, 1.82) is 0 Å². The van der Waals surface area contributed by atoms with Gasteiger partial charge >= 0.3 is 12.1 Å². The third-order valence-corrected chi connectivity index (χ3v) is 9.17. The van der Waals surface area contributed by atoms with Crippen molar-refractivity contribution in [2.24, 2.45) is 29.1 Å². The minimum Gasteiger partial charge on any atom is -0.481 e. The van der Waals surface area contributed by atoms with Crippen LogP contribution in [0.3, 0.4) is 0 Å². The van der Waals surface area contributed by atoms with Crippen molar-refractivity contribution in [2.45, 2.75) is 111 Å². The van der Waals surface area contributed by atoms with Gasteiger partial charge in [-0.15, -0.1) is 0 Å². The number of ether oxygens (including phenoxy) is 1. The number of nitrogens with one attached hydrogen (secondary N) is 1. The minimum absolute atomic E-state index is 0.00798. The molecule has 6 atom stereocenters. The first-order chi connectivity index (χ1) is 21.9. The van der Waals surface area contributed by atoms with Crippen molar-refractivity contribution in [1.82, 2.24) is 10.2 Å². The fourth-order valence-electron chi connectivity index (χ4n) is 6.82. The summed E-state index contributed by atoms with van der Waals surface area (Å²) >= 11 is 0. The van der Waals surface area contributed by atoms with E-state index in [2.05, 4.69) is 5.32 Å². The summed E-state index contributed by atoms with van der Waals surface area (Å²) in [7, 11) is 0. The van der Waals surface area contributed by atoms with E-state index in [-0.39, 0.29) is 19.3 Å². The van der Waals surface area contributed by atoms with Crippen molar-refractivity contribution in [3.05, 3.63) is 35.9 Å². The van der Waals surface area contributed by atoms with E-state index in [0.29, 0.717) is 12.0 Å². The topological polar surface area (TPSA) is 147 Å². The summed E-state index contributed by atoms with van der Waals surface area (Å²) < 4.78 is 35.2. The minimum atomic E-state index is -3.11. The molecule has 3 rings (SSSR count). The molecule has 1 aliphatic carbocycles. The highest BCUT2D eigenvalue weighted by molar-refractivity contribution is 6.38. The van der Waals surface area contributed by atoms with Crippen LogP contribution in [0.25, 0.3) is 0 Å². The monoisotopic (exact) mass is 662 g/mol. The molecular weight excluding hydrogens is 614 g/mol. The number of alkyl halides is 2. The van der Waals surface area contributed by atoms with Crippen molar-refractivity contribution >= 4 is 35.3 Å². The molecule has 1 aromatic rings. The Morgan fingerprint density at radius 3 is 2.23 bits per heavy atom. The summed E-state index contributed by atoms with van der Waals surface area (Å²) in [5, 5.41) is 12.3. The van der Waals surface area contributed by atoms with Crippen LogP contribution in [-0.2, 0) is 35.1 Å². The molecule has 10 nitrogen and oxygen atoms in total. The van der Waals surface area contributed by atoms with Gasteiger partial charge in [-0.25, -0.2) is 13.6 Å². The van der Waals surface area contributed by atoms with Crippen molar-refractivity contribution in [3.8, 4) is 0 Å². The molecule has 1 unspecified atom stereocenters. The second kappa shape index (κ2) is 15.5. The number of aliphatic carboxylic acids is 1. The maximum atomic E-state index is 15.0. The first kappa shape index (κ1) is 37.8. The highest BCUT2D eigenvalue weighted by Gasteiger charge is 2.61. The largest absolute Gasteiger partial charge is 0.481 e. The maximum absolute atomic E-state index is 15.0. The molecule has 1 aliphatic heterocycles. The predicted octanol–water partition coefficient (Wildman–Crippen LogP) is 5.26. The highest BCUT2D eigenvalue weighted by atomic mass is 19.3. The normalized spacial score (nSPS) is 22.2. The SMILES string of the molecule is CCCC(CC(=O)[C@@H]1[C@H]2CCC(F)(F)[C@H]2CN1C(=O)[C@@H](NC(=O)OC(C)C)C(C)(C)C)C(=O)C(=O)C[C@@H](Cc1ccccc1)C(=O)O. The van der Waals surface area contributed by atoms with Gasteiger partial charge in [0.05, 0.1) is 18.1 Å². The van der Waals surface area contributed by atoms with Crippen LogP contribution in [0, 0.1) is 29.1 Å². The number of benzene rings is 1. The van der Waals surface area contributed by atoms with Crippen LogP contribution in [0.5, 0.6) is 0 Å². The van der Waals surface area contributed by atoms with Crippen LogP contribution in [0.2, 0.25) is 0 Å². The highest BCUT2D eigenvalue weighted by Crippen LogP contribution is 2.52. The van der Waals surface area contributed by atoms with Crippen LogP contribution >= 0.6 is 0 Å². The number of carboxylic acids is 1. The summed E-state index contributed by atoms with van der Waals surface area (Å²) in [5.41, 5.74) is -0.191. The lowest BCUT2D eigenvalue weighted by atomic mass is 9.82. The van der Waals surface area contributed by atoms with E-state index in [9.17, 15) is 33.9 Å². The molecule has 2 N–H and O–H groups in total. The number of fused-ring (bicyclic) bond motifs is 1. The van der Waals surface area contributed by atoms with Crippen LogP contribution in [0.1, 0.15) is 85.6 Å². The molecule has 0 radical (unpaired) electrons. The van der Waals surface area contributed by atoms with E-state index in [1.807, 2.05) is 0 Å². The Bertz CT molecular complexity index is 1330. The molecule has 2 aliphatic rings. The number of hydrogen-bond donors (Lipinski definition) is 2. The molecule has 47 heavy (non-hydrogen) atoms. The molecule has 2 fully saturated rings. The lowest BCUT2D eigenvalue weighted by Crippen LogP contribution is -2.57. The molecule has 0 aromatic heterocycles. The number of hydrogen-bond acceptors (Lipinski definition) is 7. The average Bonchev–Trinajstić information content (AvgIpc) is 3.51. The Morgan fingerprint density at radius 1 is 1.04 bits per heavy atom. The van der Waals surface area contributed by atoms with Gasteiger partial charge in [0.25, 0.3) is 5.92 Å². The van der Waals surface area contributed by atoms with Gasteiger partial charge in [0.1, 0.15) is 6.04 Å². The van der Waals surface area contributed by atoms with E-state index in [1.54, 1.807) is 71.9 Å². The Balaban J connectivity index is 1.86. The molecular formula is C35H48F2N2O8. The number of Topliss-reactive ketones (excluding diaryl/α,β-unsaturated/α-hetero) is 3. The second-order valence-electron chi connectivity index (χ2n) is 14.3. The summed E-state index contributed by atoms with van der Waals surface area (Å²) in [5.74, 6) is -11.8. The van der Waals surface area contributed by atoms with Gasteiger partial charge in [-0.2, -0.15) is 0 Å². The van der Waals surface area contributed by atoms with Crippen LogP contribution < -0.4 is 5.32 Å². The van der Waals surface area contributed by atoms with Crippen LogP contribution in [0.15, 0.2) is 30.3 Å². The van der Waals surface area contributed by atoms with Gasteiger partial charge < -0.3 is 20.1 Å². The third kappa shape index (κ3) is 9.44. The Hall–Kier alpha value is -3.70. The number of rotatable bonds is 15. The number of carbonyl (C=O) groups excluding carboxylic acids is 5. The molecule has 1 saturated carbocycles. The zero-order valence-electron chi connectivity index (χ0n) is 28.1. The molecule has 12 heteroatoms. The van der Waals surface area contributed by atoms with E-state index in [4.69, 9.17) is 4.74 Å². The number of alkyl carbamates (subject to hydrolysis) is 1. The number of carbonyl (C=O) groups is 6. The van der Waals surface area contributed by atoms with Gasteiger partial charge in [0.15, 0.2) is 11.6 Å². The lowest BCUT2D eigenvalue weighted by Gasteiger charge is -2.36. The quantitative estimate of drug-likeness (QED) is 0.242. The van der Waals surface area contributed by atoms with E-state index < -0.39 is 114 Å². The number of ketones is 3. The Labute approximate surface area is 275 Å². The van der Waals surface area contributed by atoms with E-state index in [0.717, 1.165) is 4.90 Å². The van der Waals surface area contributed by atoms with Crippen molar-refractivity contribution < 1.29 is 47.4 Å². The zero-order chi connectivity index (χ0) is 35.3. The van der Waals surface area contributed by atoms with E-state index >= 15 is 8.78 Å². The van der Waals surface area contributed by atoms with E-state index in [1.165, 1.54) is 0 Å². The van der Waals surface area contributed by atoms with Gasteiger partial charge in [-0.3, -0.25) is 24.0 Å². The van der Waals surface area contributed by atoms with Crippen molar-refractivity contribution in [2.75, 3.05) is 6.54 Å². The standard InChI is InChI=1S/C35H48F2N2O8/c1-7-11-22(29(42)27(41)18-23(32(44)45)16-21-12-9-8-10-13-21)17-26(40)28-24-14-15-35(36,37)25(24)19-39(28)31(43)30(34(4,5)6)38-33(46)47-20(2)3/h8-10,12-13,20,22-25,28,30H,7,11,14-19H2,1-6H3,(H,38,46)(H,44,45)/t22?,23-,24+,25+,28+,30-/m1/s1. The fourth-order valence-corrected chi connectivity index (χ4v) is 6.82. The maximum Gasteiger partial charge on any atom is 0.408 e. The fraction of sp³-hybridized carbons (Fsp3) is 0.657. The smallest absolute Gasteiger partial charge is 0.408 e. The molecule has 2 amide bonds. The number of carboxylic acid groups (broad SMARTS) is 1. The number of likely N-dealkylation sites (tertiary alicyclic amines) is 1. The van der Waals surface area contributed by atoms with Crippen molar-refractivity contribution in [3.63, 3.8) is 0 Å². The molecule has 260 valence electrons. The van der Waals surface area contributed by atoms with Crippen LogP contribution in [-0.4, -0.2) is 76.0 Å². The lowest BCUT2D eigenvalue weighted by molar-refractivity contribution is -0.146. The summed E-state index contributed by atoms with van der Waals surface area (Å²) in [4.78, 5) is 80.3. The molecule has 1 heterocycles. The molecule has 0 bridgehead atoms. The van der Waals surface area contributed by atoms with Gasteiger partial charge in [0.2, 0.25) is 11.7 Å². The molecule has 1 saturated heterocycles. The molecule has 0 spiro atoms. The van der Waals surface area contributed by atoms with Crippen LogP contribution in [0.4, 0.5) is 13.6 Å². The van der Waals surface area contributed by atoms with Gasteiger partial charge in [-0.1, -0.05) is 64.4 Å². The first-order valence-electron chi connectivity index (χ1n) is 16.4. The Kier molecular flexibility index (Phi) is 12.4. The number of amides is 2.